The number of ether oxygens (including phenoxy) is 2. The Bertz CT molecular complexity index is 783. The van der Waals surface area contributed by atoms with Gasteiger partial charge >= 0.3 is 5.97 Å². The highest BCUT2D eigenvalue weighted by Crippen LogP contribution is 2.24. The van der Waals surface area contributed by atoms with Gasteiger partial charge < -0.3 is 20.1 Å². The number of aliphatic imine (C=N–C) groups is 1. The van der Waals surface area contributed by atoms with Crippen molar-refractivity contribution in [3.8, 4) is 5.75 Å². The minimum absolute atomic E-state index is 0. The number of hydrogen-bond donors (Lipinski definition) is 2. The molecular weight excluding hydrogens is 503 g/mol. The van der Waals surface area contributed by atoms with Crippen LogP contribution < -0.4 is 15.4 Å². The van der Waals surface area contributed by atoms with Crippen LogP contribution in [0.5, 0.6) is 5.75 Å². The fourth-order valence-corrected chi connectivity index (χ4v) is 3.40. The van der Waals surface area contributed by atoms with E-state index in [4.69, 9.17) is 9.47 Å². The molecule has 1 aromatic heterocycles. The first kappa shape index (κ1) is 25.2. The summed E-state index contributed by atoms with van der Waals surface area (Å²) in [6.45, 7) is 7.30. The summed E-state index contributed by atoms with van der Waals surface area (Å²) in [5.41, 5.74) is 0.688. The average Bonchev–Trinajstić information content (AvgIpc) is 3.09. The van der Waals surface area contributed by atoms with Gasteiger partial charge in [0.1, 0.15) is 15.6 Å². The van der Waals surface area contributed by atoms with Gasteiger partial charge in [-0.15, -0.1) is 35.3 Å². The number of nitrogens with one attached hydrogen (secondary N) is 2. The summed E-state index contributed by atoms with van der Waals surface area (Å²) in [6.07, 6.45) is 0.841. The molecule has 0 aliphatic rings. The molecule has 0 fully saturated rings. The van der Waals surface area contributed by atoms with Crippen molar-refractivity contribution in [2.24, 2.45) is 4.99 Å². The number of aryl methyl sites for hydroxylation is 1. The van der Waals surface area contributed by atoms with Gasteiger partial charge in [0.15, 0.2) is 5.96 Å². The van der Waals surface area contributed by atoms with Gasteiger partial charge in [-0.3, -0.25) is 4.99 Å². The van der Waals surface area contributed by atoms with E-state index >= 15 is 0 Å². The number of aromatic nitrogens is 1. The van der Waals surface area contributed by atoms with E-state index in [0.717, 1.165) is 23.7 Å². The number of guanidine groups is 1. The number of thiazole rings is 1. The van der Waals surface area contributed by atoms with Crippen LogP contribution in [0.3, 0.4) is 0 Å². The Morgan fingerprint density at radius 3 is 2.69 bits per heavy atom. The van der Waals surface area contributed by atoms with Crippen LogP contribution in [-0.2, 0) is 4.74 Å². The zero-order valence-corrected chi connectivity index (χ0v) is 20.4. The summed E-state index contributed by atoms with van der Waals surface area (Å²) in [5.74, 6) is 1.23. The summed E-state index contributed by atoms with van der Waals surface area (Å²) >= 11 is 1.35. The minimum Gasteiger partial charge on any atom is -0.494 e. The molecule has 0 spiro atoms. The van der Waals surface area contributed by atoms with Crippen LogP contribution in [0.15, 0.2) is 35.3 Å². The third kappa shape index (κ3) is 8.17. The highest BCUT2D eigenvalue weighted by molar-refractivity contribution is 14.0. The monoisotopic (exact) mass is 532 g/mol. The summed E-state index contributed by atoms with van der Waals surface area (Å²) in [6, 6.07) is 9.67. The first-order chi connectivity index (χ1) is 13.5. The lowest BCUT2D eigenvalue weighted by Gasteiger charge is -2.16. The fourth-order valence-electron chi connectivity index (χ4n) is 2.44. The predicted molar refractivity (Wildman–Crippen MR) is 128 cm³/mol. The van der Waals surface area contributed by atoms with E-state index in [9.17, 15) is 4.79 Å². The van der Waals surface area contributed by atoms with Gasteiger partial charge in [-0.1, -0.05) is 18.2 Å². The Labute approximate surface area is 193 Å². The molecule has 1 atom stereocenters. The van der Waals surface area contributed by atoms with Crippen LogP contribution in [0.2, 0.25) is 0 Å². The third-order valence-electron chi connectivity index (χ3n) is 3.85. The molecule has 0 amide bonds. The lowest BCUT2D eigenvalue weighted by molar-refractivity contribution is 0.0531. The number of halogens is 1. The highest BCUT2D eigenvalue weighted by Gasteiger charge is 2.20. The molecule has 9 heteroatoms. The topological polar surface area (TPSA) is 84.8 Å². The van der Waals surface area contributed by atoms with Gasteiger partial charge in [-0.2, -0.15) is 0 Å². The SMILES string of the molecule is CCOC(=O)c1sc(C(C)NC(=NC)NCCCOc2ccccc2)nc1C.I. The number of carbonyl (C=O) groups is 1. The Morgan fingerprint density at radius 2 is 2.03 bits per heavy atom. The molecule has 2 aromatic rings. The Kier molecular flexibility index (Phi) is 11.6. The lowest BCUT2D eigenvalue weighted by atomic mass is 10.3. The molecule has 1 unspecified atom stereocenters. The number of para-hydroxylation sites is 1. The standard InChI is InChI=1S/C20H28N4O3S.HI/c1-5-26-19(25)17-14(2)23-18(28-17)15(3)24-20(21-4)22-12-9-13-27-16-10-7-6-8-11-16;/h6-8,10-11,15H,5,9,12-13H2,1-4H3,(H2,21,22,24);1H. The Balaban J connectivity index is 0.00000420. The average molecular weight is 532 g/mol. The maximum atomic E-state index is 12.0. The third-order valence-corrected chi connectivity index (χ3v) is 5.17. The number of hydrogen-bond acceptors (Lipinski definition) is 6. The molecular formula is C20H29IN4O3S. The molecule has 1 heterocycles. The van der Waals surface area contributed by atoms with Crippen LogP contribution in [0.1, 0.15) is 46.7 Å². The van der Waals surface area contributed by atoms with Crippen molar-refractivity contribution < 1.29 is 14.3 Å². The largest absolute Gasteiger partial charge is 0.494 e. The quantitative estimate of drug-likeness (QED) is 0.167. The van der Waals surface area contributed by atoms with Crippen LogP contribution in [-0.4, -0.2) is 43.7 Å². The van der Waals surface area contributed by atoms with Crippen molar-refractivity contribution in [2.75, 3.05) is 26.8 Å². The molecule has 0 aliphatic heterocycles. The summed E-state index contributed by atoms with van der Waals surface area (Å²) < 4.78 is 10.8. The van der Waals surface area contributed by atoms with Crippen molar-refractivity contribution >= 4 is 47.2 Å². The molecule has 2 N–H and O–H groups in total. The summed E-state index contributed by atoms with van der Waals surface area (Å²) in [7, 11) is 1.72. The maximum absolute atomic E-state index is 12.0. The zero-order valence-electron chi connectivity index (χ0n) is 17.2. The van der Waals surface area contributed by atoms with Crippen molar-refractivity contribution in [1.29, 1.82) is 0 Å². The molecule has 1 aromatic carbocycles. The molecule has 7 nitrogen and oxygen atoms in total. The number of nitrogens with zero attached hydrogens (tertiary/aromatic N) is 2. The normalized spacial score (nSPS) is 11.9. The van der Waals surface area contributed by atoms with Gasteiger partial charge in [-0.25, -0.2) is 9.78 Å². The minimum atomic E-state index is -0.322. The van der Waals surface area contributed by atoms with E-state index in [0.29, 0.717) is 29.7 Å². The van der Waals surface area contributed by atoms with E-state index in [-0.39, 0.29) is 36.0 Å². The molecule has 0 aliphatic carbocycles. The Morgan fingerprint density at radius 1 is 1.31 bits per heavy atom. The van der Waals surface area contributed by atoms with Gasteiger partial charge in [0.25, 0.3) is 0 Å². The number of rotatable bonds is 9. The van der Waals surface area contributed by atoms with E-state index in [1.54, 1.807) is 14.0 Å². The van der Waals surface area contributed by atoms with E-state index in [2.05, 4.69) is 20.6 Å². The second kappa shape index (κ2) is 13.4. The second-order valence-electron chi connectivity index (χ2n) is 6.07. The summed E-state index contributed by atoms with van der Waals surface area (Å²) in [4.78, 5) is 21.3. The molecule has 0 saturated carbocycles. The molecule has 2 rings (SSSR count). The second-order valence-corrected chi connectivity index (χ2v) is 7.10. The molecule has 0 bridgehead atoms. The van der Waals surface area contributed by atoms with E-state index in [1.165, 1.54) is 11.3 Å². The van der Waals surface area contributed by atoms with Crippen LogP contribution in [0.4, 0.5) is 0 Å². The fraction of sp³-hybridized carbons (Fsp3) is 0.450. The first-order valence-corrected chi connectivity index (χ1v) is 10.2. The molecule has 0 saturated heterocycles. The van der Waals surface area contributed by atoms with E-state index in [1.807, 2.05) is 44.2 Å². The smallest absolute Gasteiger partial charge is 0.350 e. The molecule has 0 radical (unpaired) electrons. The molecule has 29 heavy (non-hydrogen) atoms. The number of carbonyl (C=O) groups excluding carboxylic acids is 1. The lowest BCUT2D eigenvalue weighted by Crippen LogP contribution is -2.39. The van der Waals surface area contributed by atoms with Crippen LogP contribution in [0, 0.1) is 6.92 Å². The van der Waals surface area contributed by atoms with Crippen molar-refractivity contribution in [2.45, 2.75) is 33.2 Å². The maximum Gasteiger partial charge on any atom is 0.350 e. The predicted octanol–water partition coefficient (Wildman–Crippen LogP) is 3.94. The van der Waals surface area contributed by atoms with E-state index < -0.39 is 0 Å². The van der Waals surface area contributed by atoms with Crippen LogP contribution >= 0.6 is 35.3 Å². The zero-order chi connectivity index (χ0) is 20.4. The van der Waals surface area contributed by atoms with Crippen LogP contribution in [0.25, 0.3) is 0 Å². The van der Waals surface area contributed by atoms with Crippen molar-refractivity contribution in [1.82, 2.24) is 15.6 Å². The highest BCUT2D eigenvalue weighted by atomic mass is 127. The van der Waals surface area contributed by atoms with Gasteiger partial charge in [-0.05, 0) is 39.3 Å². The number of benzene rings is 1. The summed E-state index contributed by atoms with van der Waals surface area (Å²) in [5, 5.41) is 7.38. The van der Waals surface area contributed by atoms with Gasteiger partial charge in [0.05, 0.1) is 24.9 Å². The van der Waals surface area contributed by atoms with Gasteiger partial charge in [0.2, 0.25) is 0 Å². The Hall–Kier alpha value is -1.88. The first-order valence-electron chi connectivity index (χ1n) is 9.34. The van der Waals surface area contributed by atoms with Gasteiger partial charge in [0, 0.05) is 13.6 Å². The van der Waals surface area contributed by atoms with Crippen molar-refractivity contribution in [3.05, 3.63) is 45.9 Å². The van der Waals surface area contributed by atoms with Crippen molar-refractivity contribution in [3.63, 3.8) is 0 Å². The molecule has 160 valence electrons. The number of esters is 1.